The second-order valence-corrected chi connectivity index (χ2v) is 10.2. The van der Waals surface area contributed by atoms with Gasteiger partial charge in [-0.3, -0.25) is 4.79 Å². The highest BCUT2D eigenvalue weighted by Gasteiger charge is 2.47. The van der Waals surface area contributed by atoms with Crippen LogP contribution < -0.4 is 5.32 Å². The van der Waals surface area contributed by atoms with E-state index in [2.05, 4.69) is 30.2 Å². The van der Waals surface area contributed by atoms with Gasteiger partial charge in [0, 0.05) is 12.2 Å². The summed E-state index contributed by atoms with van der Waals surface area (Å²) >= 11 is 7.33. The van der Waals surface area contributed by atoms with Crippen LogP contribution in [0.4, 0.5) is 10.2 Å². The van der Waals surface area contributed by atoms with Crippen LogP contribution in [0.15, 0.2) is 29.9 Å². The van der Waals surface area contributed by atoms with E-state index in [-0.39, 0.29) is 40.4 Å². The lowest BCUT2D eigenvalue weighted by atomic mass is 9.61. The summed E-state index contributed by atoms with van der Waals surface area (Å²) < 4.78 is 15.8. The molecule has 3 aliphatic rings. The standard InChI is InChI=1S/C23H20ClFN6O2S/c24-14-9-26-18-12(8-27-22(18)28-14)20-30-19(13-2-1-7-34-13)16(25)21(31-20)29-17-11-5-3-10(4-6-11)15(17)23(32)33/h1-2,7-11,15,17H,3-6H2,(H,27,28)(H,32,33)(H,29,30,31)/t10?,11?,15-,17-/m0/s1. The van der Waals surface area contributed by atoms with Gasteiger partial charge in [0.2, 0.25) is 0 Å². The van der Waals surface area contributed by atoms with Gasteiger partial charge in [0.25, 0.3) is 0 Å². The number of carboxylic acid groups (broad SMARTS) is 1. The molecule has 3 N–H and O–H groups in total. The van der Waals surface area contributed by atoms with Crippen LogP contribution in [0, 0.1) is 23.6 Å². The van der Waals surface area contributed by atoms with Gasteiger partial charge in [0.1, 0.15) is 16.4 Å². The highest BCUT2D eigenvalue weighted by Crippen LogP contribution is 2.46. The summed E-state index contributed by atoms with van der Waals surface area (Å²) in [6, 6.07) is 3.23. The summed E-state index contributed by atoms with van der Waals surface area (Å²) in [5.74, 6) is -1.48. The largest absolute Gasteiger partial charge is 0.481 e. The van der Waals surface area contributed by atoms with E-state index in [1.54, 1.807) is 12.3 Å². The smallest absolute Gasteiger partial charge is 0.308 e. The lowest BCUT2D eigenvalue weighted by Crippen LogP contribution is -2.51. The Kier molecular flexibility index (Phi) is 5.22. The Hall–Kier alpha value is -3.11. The third-order valence-corrected chi connectivity index (χ3v) is 8.06. The Labute approximate surface area is 202 Å². The monoisotopic (exact) mass is 498 g/mol. The molecule has 34 heavy (non-hydrogen) atoms. The number of thiophene rings is 1. The summed E-state index contributed by atoms with van der Waals surface area (Å²) in [6.07, 6.45) is 6.76. The van der Waals surface area contributed by atoms with Crippen LogP contribution >= 0.6 is 22.9 Å². The fourth-order valence-electron chi connectivity index (χ4n) is 5.45. The maximum atomic E-state index is 15.8. The van der Waals surface area contributed by atoms with E-state index in [0.29, 0.717) is 21.6 Å². The number of hydrogen-bond acceptors (Lipinski definition) is 7. The molecule has 4 aromatic rings. The van der Waals surface area contributed by atoms with Crippen LogP contribution in [0.2, 0.25) is 5.15 Å². The van der Waals surface area contributed by atoms with Gasteiger partial charge in [-0.2, -0.15) is 0 Å². The molecule has 4 aromatic heterocycles. The molecule has 174 valence electrons. The molecule has 7 rings (SSSR count). The quantitative estimate of drug-likeness (QED) is 0.344. The molecule has 4 heterocycles. The molecule has 0 aromatic carbocycles. The number of carboxylic acids is 1. The van der Waals surface area contributed by atoms with E-state index in [4.69, 9.17) is 11.6 Å². The molecule has 0 saturated heterocycles. The fourth-order valence-corrected chi connectivity index (χ4v) is 6.30. The molecular formula is C23H20ClFN6O2S. The molecule has 0 unspecified atom stereocenters. The number of hydrogen-bond donors (Lipinski definition) is 3. The van der Waals surface area contributed by atoms with Gasteiger partial charge < -0.3 is 15.4 Å². The van der Waals surface area contributed by atoms with Crippen molar-refractivity contribution in [2.75, 3.05) is 5.32 Å². The molecule has 8 nitrogen and oxygen atoms in total. The molecular weight excluding hydrogens is 479 g/mol. The molecule has 0 aliphatic heterocycles. The second-order valence-electron chi connectivity index (χ2n) is 8.84. The number of nitrogens with one attached hydrogen (secondary N) is 2. The van der Waals surface area contributed by atoms with E-state index >= 15 is 4.39 Å². The number of rotatable bonds is 5. The maximum Gasteiger partial charge on any atom is 0.308 e. The van der Waals surface area contributed by atoms with Gasteiger partial charge in [-0.15, -0.1) is 11.3 Å². The molecule has 2 atom stereocenters. The second kappa shape index (κ2) is 8.28. The molecule has 0 radical (unpaired) electrons. The van der Waals surface area contributed by atoms with Gasteiger partial charge in [0.05, 0.1) is 22.6 Å². The van der Waals surface area contributed by atoms with Crippen LogP contribution in [-0.2, 0) is 4.79 Å². The first kappa shape index (κ1) is 21.4. The van der Waals surface area contributed by atoms with Crippen molar-refractivity contribution in [1.29, 1.82) is 0 Å². The molecule has 0 amide bonds. The van der Waals surface area contributed by atoms with Crippen LogP contribution in [0.1, 0.15) is 25.7 Å². The Balaban J connectivity index is 1.48. The number of anilines is 1. The molecule has 0 spiro atoms. The van der Waals surface area contributed by atoms with Gasteiger partial charge >= 0.3 is 5.97 Å². The average Bonchev–Trinajstić information content (AvgIpc) is 3.51. The van der Waals surface area contributed by atoms with E-state index < -0.39 is 17.7 Å². The summed E-state index contributed by atoms with van der Waals surface area (Å²) in [5.41, 5.74) is 1.70. The van der Waals surface area contributed by atoms with Crippen molar-refractivity contribution < 1.29 is 14.3 Å². The predicted molar refractivity (Wildman–Crippen MR) is 127 cm³/mol. The Bertz CT molecular complexity index is 1390. The number of aromatic nitrogens is 5. The van der Waals surface area contributed by atoms with Crippen molar-refractivity contribution >= 4 is 45.9 Å². The summed E-state index contributed by atoms with van der Waals surface area (Å²) in [5, 5.41) is 15.2. The fraction of sp³-hybridized carbons (Fsp3) is 0.348. The van der Waals surface area contributed by atoms with Crippen LogP contribution in [0.5, 0.6) is 0 Å². The Morgan fingerprint density at radius 2 is 2.00 bits per heavy atom. The minimum Gasteiger partial charge on any atom is -0.481 e. The lowest BCUT2D eigenvalue weighted by molar-refractivity contribution is -0.148. The van der Waals surface area contributed by atoms with Crippen LogP contribution in [0.3, 0.4) is 0 Å². The first-order valence-electron chi connectivity index (χ1n) is 11.1. The maximum absolute atomic E-state index is 15.8. The van der Waals surface area contributed by atoms with Crippen molar-refractivity contribution in [3.8, 4) is 22.0 Å². The normalized spacial score (nSPS) is 23.9. The molecule has 3 aliphatic carbocycles. The number of nitrogens with zero attached hydrogens (tertiary/aromatic N) is 4. The van der Waals surface area contributed by atoms with Crippen molar-refractivity contribution in [1.82, 2.24) is 24.9 Å². The highest BCUT2D eigenvalue weighted by molar-refractivity contribution is 7.13. The van der Waals surface area contributed by atoms with E-state index in [9.17, 15) is 9.90 Å². The molecule has 2 bridgehead atoms. The zero-order valence-electron chi connectivity index (χ0n) is 17.8. The van der Waals surface area contributed by atoms with E-state index in [0.717, 1.165) is 25.7 Å². The number of aromatic amines is 1. The van der Waals surface area contributed by atoms with Gasteiger partial charge in [0.15, 0.2) is 23.1 Å². The topological polar surface area (TPSA) is 117 Å². The lowest BCUT2D eigenvalue weighted by Gasteiger charge is -2.47. The summed E-state index contributed by atoms with van der Waals surface area (Å²) in [7, 11) is 0. The van der Waals surface area contributed by atoms with Crippen molar-refractivity contribution in [2.24, 2.45) is 17.8 Å². The first-order chi connectivity index (χ1) is 16.5. The Morgan fingerprint density at radius 1 is 1.21 bits per heavy atom. The third kappa shape index (κ3) is 3.52. The molecule has 3 fully saturated rings. The van der Waals surface area contributed by atoms with Gasteiger partial charge in [-0.1, -0.05) is 17.7 Å². The number of H-pyrrole nitrogens is 1. The van der Waals surface area contributed by atoms with Crippen LogP contribution in [-0.4, -0.2) is 42.0 Å². The predicted octanol–water partition coefficient (Wildman–Crippen LogP) is 5.24. The minimum atomic E-state index is -0.844. The van der Waals surface area contributed by atoms with E-state index in [1.807, 2.05) is 11.4 Å². The van der Waals surface area contributed by atoms with E-state index in [1.165, 1.54) is 17.5 Å². The van der Waals surface area contributed by atoms with Crippen molar-refractivity contribution in [2.45, 2.75) is 31.7 Å². The number of aliphatic carboxylic acids is 1. The zero-order valence-corrected chi connectivity index (χ0v) is 19.4. The summed E-state index contributed by atoms with van der Waals surface area (Å²) in [6.45, 7) is 0. The number of carbonyl (C=O) groups is 1. The minimum absolute atomic E-state index is 0.00785. The van der Waals surface area contributed by atoms with Crippen LogP contribution in [0.25, 0.3) is 33.1 Å². The highest BCUT2D eigenvalue weighted by atomic mass is 35.5. The molecule has 11 heteroatoms. The third-order valence-electron chi connectivity index (χ3n) is 7.01. The number of halogens is 2. The zero-order chi connectivity index (χ0) is 23.4. The SMILES string of the molecule is O=C(O)[C@H]1C2CCC(CC2)[C@@H]1Nc1nc(-c2c[nH]c3nc(Cl)cnc23)nc(-c2cccs2)c1F. The Morgan fingerprint density at radius 3 is 2.74 bits per heavy atom. The first-order valence-corrected chi connectivity index (χ1v) is 12.4. The summed E-state index contributed by atoms with van der Waals surface area (Å²) in [4.78, 5) is 33.4. The van der Waals surface area contributed by atoms with Gasteiger partial charge in [-0.25, -0.2) is 24.3 Å². The van der Waals surface area contributed by atoms with Crippen molar-refractivity contribution in [3.05, 3.63) is 40.9 Å². The number of fused-ring (bicyclic) bond motifs is 4. The molecule has 3 saturated carbocycles. The van der Waals surface area contributed by atoms with Gasteiger partial charge in [-0.05, 0) is 49.0 Å². The average molecular weight is 499 g/mol. The van der Waals surface area contributed by atoms with Crippen molar-refractivity contribution in [3.63, 3.8) is 0 Å².